The van der Waals surface area contributed by atoms with Crippen LogP contribution in [0.2, 0.25) is 0 Å². The Bertz CT molecular complexity index is 789. The van der Waals surface area contributed by atoms with Crippen molar-refractivity contribution in [3.63, 3.8) is 0 Å². The number of nitrogens with zero attached hydrogens (tertiary/aromatic N) is 3. The van der Waals surface area contributed by atoms with E-state index in [2.05, 4.69) is 14.8 Å². The second-order valence-electron chi connectivity index (χ2n) is 5.24. The Morgan fingerprint density at radius 2 is 1.83 bits per heavy atom. The van der Waals surface area contributed by atoms with Crippen LogP contribution in [0.15, 0.2) is 39.2 Å². The predicted octanol–water partition coefficient (Wildman–Crippen LogP) is 3.15. The van der Waals surface area contributed by atoms with Gasteiger partial charge in [-0.3, -0.25) is 0 Å². The monoisotopic (exact) mass is 359 g/mol. The molecule has 0 spiro atoms. The maximum atomic E-state index is 12.5. The van der Waals surface area contributed by atoms with Crippen molar-refractivity contribution in [3.8, 4) is 0 Å². The molecule has 0 aliphatic carbocycles. The lowest BCUT2D eigenvalue weighted by atomic mass is 10.2. The molecule has 0 atom stereocenters. The van der Waals surface area contributed by atoms with E-state index in [0.717, 1.165) is 48.1 Å². The highest BCUT2D eigenvalue weighted by Crippen LogP contribution is 2.30. The van der Waals surface area contributed by atoms with E-state index in [1.807, 2.05) is 0 Å². The molecule has 1 aromatic carbocycles. The summed E-state index contributed by atoms with van der Waals surface area (Å²) in [4.78, 5) is 0.356. The molecule has 124 valence electrons. The number of fused-ring (bicyclic) bond motifs is 1. The van der Waals surface area contributed by atoms with Crippen molar-refractivity contribution in [2.24, 2.45) is 0 Å². The van der Waals surface area contributed by atoms with Crippen molar-refractivity contribution in [2.45, 2.75) is 52.9 Å². The van der Waals surface area contributed by atoms with Crippen LogP contribution in [0.1, 0.15) is 25.1 Å². The van der Waals surface area contributed by atoms with Crippen molar-refractivity contribution in [1.82, 2.24) is 14.8 Å². The normalized spacial score (nSPS) is 15.4. The Hall–Kier alpha value is -1.48. The average Bonchev–Trinajstić information content (AvgIpc) is 2.75. The van der Waals surface area contributed by atoms with E-state index >= 15 is 0 Å². The molecule has 1 aliphatic heterocycles. The number of benzene rings is 1. The molecule has 0 fully saturated rings. The third-order valence-corrected chi connectivity index (χ3v) is 6.06. The third kappa shape index (κ3) is 3.40. The van der Waals surface area contributed by atoms with Crippen LogP contribution in [-0.4, -0.2) is 28.9 Å². The van der Waals surface area contributed by atoms with E-state index in [1.165, 1.54) is 36.0 Å². The Morgan fingerprint density at radius 1 is 1.09 bits per heavy atom. The fourth-order valence-corrected chi connectivity index (χ4v) is 4.03. The molecule has 0 N–H and O–H groups in total. The quantitative estimate of drug-likeness (QED) is 0.839. The standard InChI is InChI=1S/C14H15F2N3O2S2/c15-13(16)23(20,21)11-7-5-10(6-8-11)22-14-18-17-12-4-2-1-3-9-19(12)14/h5-8,13H,1-4,9H2. The summed E-state index contributed by atoms with van der Waals surface area (Å²) in [5.74, 6) is -2.45. The molecule has 2 aromatic rings. The van der Waals surface area contributed by atoms with Crippen molar-refractivity contribution in [2.75, 3.05) is 0 Å². The maximum absolute atomic E-state index is 12.5. The Labute approximate surface area is 137 Å². The Kier molecular flexibility index (Phi) is 4.67. The smallest absolute Gasteiger partial charge is 0.306 e. The summed E-state index contributed by atoms with van der Waals surface area (Å²) < 4.78 is 49.9. The van der Waals surface area contributed by atoms with Crippen LogP contribution in [0.5, 0.6) is 0 Å². The molecule has 5 nitrogen and oxygen atoms in total. The highest BCUT2D eigenvalue weighted by molar-refractivity contribution is 7.99. The number of alkyl halides is 2. The fraction of sp³-hybridized carbons (Fsp3) is 0.429. The molecule has 0 unspecified atom stereocenters. The van der Waals surface area contributed by atoms with Gasteiger partial charge in [0.05, 0.1) is 4.90 Å². The van der Waals surface area contributed by atoms with Crippen LogP contribution < -0.4 is 0 Å². The van der Waals surface area contributed by atoms with Gasteiger partial charge in [-0.15, -0.1) is 10.2 Å². The molecule has 1 aliphatic rings. The second kappa shape index (κ2) is 6.56. The number of halogens is 2. The van der Waals surface area contributed by atoms with Crippen LogP contribution in [-0.2, 0) is 22.8 Å². The van der Waals surface area contributed by atoms with Crippen LogP contribution >= 0.6 is 11.8 Å². The molecular formula is C14H15F2N3O2S2. The van der Waals surface area contributed by atoms with E-state index in [4.69, 9.17) is 0 Å². The van der Waals surface area contributed by atoms with Crippen LogP contribution in [0.25, 0.3) is 0 Å². The van der Waals surface area contributed by atoms with Gasteiger partial charge in [0.25, 0.3) is 0 Å². The molecular weight excluding hydrogens is 344 g/mol. The SMILES string of the molecule is O=S(=O)(c1ccc(Sc2nnc3n2CCCCC3)cc1)C(F)F. The minimum atomic E-state index is -4.55. The molecule has 9 heteroatoms. The van der Waals surface area contributed by atoms with Crippen molar-refractivity contribution < 1.29 is 17.2 Å². The zero-order valence-electron chi connectivity index (χ0n) is 12.2. The van der Waals surface area contributed by atoms with Crippen LogP contribution in [0.3, 0.4) is 0 Å². The van der Waals surface area contributed by atoms with Gasteiger partial charge in [-0.1, -0.05) is 6.42 Å². The van der Waals surface area contributed by atoms with E-state index < -0.39 is 15.6 Å². The van der Waals surface area contributed by atoms with Gasteiger partial charge in [0.15, 0.2) is 5.16 Å². The Morgan fingerprint density at radius 3 is 2.52 bits per heavy atom. The van der Waals surface area contributed by atoms with E-state index in [-0.39, 0.29) is 4.90 Å². The summed E-state index contributed by atoms with van der Waals surface area (Å²) in [7, 11) is -4.55. The van der Waals surface area contributed by atoms with E-state index in [0.29, 0.717) is 0 Å². The van der Waals surface area contributed by atoms with E-state index in [1.54, 1.807) is 0 Å². The molecule has 2 heterocycles. The second-order valence-corrected chi connectivity index (χ2v) is 8.20. The minimum Gasteiger partial charge on any atom is -0.306 e. The van der Waals surface area contributed by atoms with Crippen LogP contribution in [0.4, 0.5) is 8.78 Å². The van der Waals surface area contributed by atoms with Gasteiger partial charge in [0.1, 0.15) is 5.82 Å². The van der Waals surface area contributed by atoms with Crippen molar-refractivity contribution >= 4 is 21.6 Å². The van der Waals surface area contributed by atoms with Gasteiger partial charge in [0.2, 0.25) is 9.84 Å². The number of sulfone groups is 1. The van der Waals surface area contributed by atoms with Gasteiger partial charge in [-0.25, -0.2) is 8.42 Å². The predicted molar refractivity (Wildman–Crippen MR) is 81.3 cm³/mol. The van der Waals surface area contributed by atoms with Gasteiger partial charge < -0.3 is 4.57 Å². The highest BCUT2D eigenvalue weighted by atomic mass is 32.2. The van der Waals surface area contributed by atoms with Gasteiger partial charge in [-0.05, 0) is 48.9 Å². The lowest BCUT2D eigenvalue weighted by molar-refractivity contribution is 0.234. The first-order valence-electron chi connectivity index (χ1n) is 7.20. The highest BCUT2D eigenvalue weighted by Gasteiger charge is 2.26. The lowest BCUT2D eigenvalue weighted by Crippen LogP contribution is -2.11. The summed E-state index contributed by atoms with van der Waals surface area (Å²) in [5, 5.41) is 9.10. The first kappa shape index (κ1) is 16.4. The van der Waals surface area contributed by atoms with Gasteiger partial charge in [0, 0.05) is 17.9 Å². The third-order valence-electron chi connectivity index (χ3n) is 3.67. The molecule has 0 bridgehead atoms. The first-order chi connectivity index (χ1) is 11.0. The molecule has 0 saturated carbocycles. The minimum absolute atomic E-state index is 0.378. The van der Waals surface area contributed by atoms with Crippen molar-refractivity contribution in [3.05, 3.63) is 30.1 Å². The summed E-state index contributed by atoms with van der Waals surface area (Å²) in [5.41, 5.74) is 0. The fourth-order valence-electron chi connectivity index (χ4n) is 2.44. The van der Waals surface area contributed by atoms with Crippen molar-refractivity contribution in [1.29, 1.82) is 0 Å². The molecule has 1 aromatic heterocycles. The van der Waals surface area contributed by atoms with Gasteiger partial charge in [-0.2, -0.15) is 8.78 Å². The van der Waals surface area contributed by atoms with E-state index in [9.17, 15) is 17.2 Å². The number of aromatic nitrogens is 3. The molecule has 3 rings (SSSR count). The molecule has 23 heavy (non-hydrogen) atoms. The zero-order valence-corrected chi connectivity index (χ0v) is 13.8. The molecule has 0 radical (unpaired) electrons. The first-order valence-corrected chi connectivity index (χ1v) is 9.57. The summed E-state index contributed by atoms with van der Waals surface area (Å²) >= 11 is 1.35. The average molecular weight is 359 g/mol. The number of aryl methyl sites for hydroxylation is 1. The van der Waals surface area contributed by atoms with Gasteiger partial charge >= 0.3 is 5.76 Å². The molecule has 0 saturated heterocycles. The summed E-state index contributed by atoms with van der Waals surface area (Å²) in [6.07, 6.45) is 4.24. The summed E-state index contributed by atoms with van der Waals surface area (Å²) in [6, 6.07) is 5.42. The number of rotatable bonds is 4. The zero-order chi connectivity index (χ0) is 16.4. The summed E-state index contributed by atoms with van der Waals surface area (Å²) in [6.45, 7) is 0.864. The lowest BCUT2D eigenvalue weighted by Gasteiger charge is -2.07. The Balaban J connectivity index is 1.81. The number of hydrogen-bond donors (Lipinski definition) is 0. The number of hydrogen-bond acceptors (Lipinski definition) is 5. The maximum Gasteiger partial charge on any atom is 0.341 e. The van der Waals surface area contributed by atoms with Crippen LogP contribution in [0, 0.1) is 0 Å². The molecule has 0 amide bonds. The topological polar surface area (TPSA) is 64.8 Å². The largest absolute Gasteiger partial charge is 0.341 e.